The van der Waals surface area contributed by atoms with Crippen LogP contribution in [0.25, 0.3) is 0 Å². The Morgan fingerprint density at radius 3 is 2.83 bits per heavy atom. The maximum atomic E-state index is 12.0. The minimum absolute atomic E-state index is 0.236. The second-order valence-corrected chi connectivity index (χ2v) is 5.66. The number of hydrogen-bond acceptors (Lipinski definition) is 3. The average molecular weight is 418 g/mol. The molecule has 0 aliphatic rings. The molecule has 0 spiro atoms. The summed E-state index contributed by atoms with van der Waals surface area (Å²) in [4.78, 5) is 16.1. The van der Waals surface area contributed by atoms with Crippen LogP contribution in [-0.4, -0.2) is 10.9 Å². The predicted octanol–water partition coefficient (Wildman–Crippen LogP) is 3.28. The van der Waals surface area contributed by atoms with Gasteiger partial charge in [0.1, 0.15) is 5.82 Å². The number of benzene rings is 1. The molecule has 3 N–H and O–H groups in total. The van der Waals surface area contributed by atoms with Crippen LogP contribution in [0.3, 0.4) is 0 Å². The number of nitrogens with zero attached hydrogens (tertiary/aromatic N) is 1. The van der Waals surface area contributed by atoms with Gasteiger partial charge in [-0.15, -0.1) is 0 Å². The number of pyridine rings is 1. The topological polar surface area (TPSA) is 68.0 Å². The Kier molecular flexibility index (Phi) is 4.18. The van der Waals surface area contributed by atoms with Crippen LogP contribution in [0, 0.1) is 3.57 Å². The molecular formula is C12H9BrIN3O. The van der Waals surface area contributed by atoms with E-state index in [-0.39, 0.29) is 5.91 Å². The highest BCUT2D eigenvalue weighted by atomic mass is 127. The monoisotopic (exact) mass is 417 g/mol. The number of amides is 1. The number of rotatable bonds is 2. The maximum absolute atomic E-state index is 12.0. The minimum Gasteiger partial charge on any atom is -0.399 e. The Hall–Kier alpha value is -1.15. The van der Waals surface area contributed by atoms with Crippen molar-refractivity contribution in [1.82, 2.24) is 4.98 Å². The first kappa shape index (κ1) is 13.3. The van der Waals surface area contributed by atoms with Gasteiger partial charge in [0.25, 0.3) is 5.91 Å². The van der Waals surface area contributed by atoms with Crippen molar-refractivity contribution in [3.8, 4) is 0 Å². The molecule has 1 aromatic carbocycles. The first-order valence-corrected chi connectivity index (χ1v) is 6.91. The Morgan fingerprint density at radius 2 is 2.17 bits per heavy atom. The van der Waals surface area contributed by atoms with Gasteiger partial charge in [-0.3, -0.25) is 4.79 Å². The van der Waals surface area contributed by atoms with E-state index in [0.717, 1.165) is 8.04 Å². The van der Waals surface area contributed by atoms with Crippen molar-refractivity contribution in [2.45, 2.75) is 0 Å². The Bertz CT molecular complexity index is 583. The molecule has 1 aromatic heterocycles. The summed E-state index contributed by atoms with van der Waals surface area (Å²) in [5.41, 5.74) is 6.78. The van der Waals surface area contributed by atoms with E-state index >= 15 is 0 Å². The van der Waals surface area contributed by atoms with E-state index in [2.05, 4.69) is 48.8 Å². The lowest BCUT2D eigenvalue weighted by Crippen LogP contribution is -2.13. The molecule has 4 nitrogen and oxygen atoms in total. The van der Waals surface area contributed by atoms with Gasteiger partial charge in [-0.2, -0.15) is 0 Å². The van der Waals surface area contributed by atoms with E-state index in [4.69, 9.17) is 5.73 Å². The zero-order valence-electron chi connectivity index (χ0n) is 9.15. The van der Waals surface area contributed by atoms with E-state index in [9.17, 15) is 4.79 Å². The highest BCUT2D eigenvalue weighted by Gasteiger charge is 2.10. The highest BCUT2D eigenvalue weighted by Crippen LogP contribution is 2.20. The molecule has 1 amide bonds. The van der Waals surface area contributed by atoms with Crippen LogP contribution in [0.5, 0.6) is 0 Å². The number of halogens is 2. The van der Waals surface area contributed by atoms with Crippen LogP contribution in [0.15, 0.2) is 41.0 Å². The van der Waals surface area contributed by atoms with Crippen molar-refractivity contribution in [3.05, 3.63) is 50.1 Å². The summed E-state index contributed by atoms with van der Waals surface area (Å²) in [5.74, 6) is 0.250. The molecule has 0 radical (unpaired) electrons. The number of carbonyl (C=O) groups excluding carboxylic acids is 1. The fraction of sp³-hybridized carbons (Fsp3) is 0. The molecule has 0 saturated carbocycles. The summed E-state index contributed by atoms with van der Waals surface area (Å²) < 4.78 is 1.65. The van der Waals surface area contributed by atoms with Crippen molar-refractivity contribution >= 4 is 55.9 Å². The number of nitrogens with one attached hydrogen (secondary N) is 1. The molecule has 92 valence electrons. The third-order valence-electron chi connectivity index (χ3n) is 2.17. The number of nitrogens with two attached hydrogens (primary N) is 1. The number of aromatic nitrogens is 1. The van der Waals surface area contributed by atoms with Gasteiger partial charge in [-0.1, -0.05) is 0 Å². The molecule has 0 saturated heterocycles. The maximum Gasteiger partial charge on any atom is 0.256 e. The van der Waals surface area contributed by atoms with Gasteiger partial charge in [-0.25, -0.2) is 4.98 Å². The van der Waals surface area contributed by atoms with Gasteiger partial charge in [0.2, 0.25) is 0 Å². The van der Waals surface area contributed by atoms with E-state index in [1.807, 2.05) is 6.07 Å². The van der Waals surface area contributed by atoms with Crippen LogP contribution >= 0.6 is 38.5 Å². The SMILES string of the molecule is Nc1cc(I)cc(C(=O)Nc2ncccc2Br)c1. The average Bonchev–Trinajstić information content (AvgIpc) is 2.31. The van der Waals surface area contributed by atoms with Crippen LogP contribution < -0.4 is 11.1 Å². The quantitative estimate of drug-likeness (QED) is 0.582. The van der Waals surface area contributed by atoms with Crippen LogP contribution in [0.4, 0.5) is 11.5 Å². The summed E-state index contributed by atoms with van der Waals surface area (Å²) >= 11 is 5.44. The van der Waals surface area contributed by atoms with Crippen LogP contribution in [0.2, 0.25) is 0 Å². The Morgan fingerprint density at radius 1 is 1.39 bits per heavy atom. The van der Waals surface area contributed by atoms with Crippen molar-refractivity contribution in [2.24, 2.45) is 0 Å². The summed E-state index contributed by atoms with van der Waals surface area (Å²) in [5, 5.41) is 2.73. The van der Waals surface area contributed by atoms with Crippen molar-refractivity contribution < 1.29 is 4.79 Å². The van der Waals surface area contributed by atoms with Gasteiger partial charge < -0.3 is 11.1 Å². The normalized spacial score (nSPS) is 10.1. The van der Waals surface area contributed by atoms with Gasteiger partial charge in [-0.05, 0) is 68.9 Å². The molecule has 1 heterocycles. The van der Waals surface area contributed by atoms with Crippen molar-refractivity contribution in [1.29, 1.82) is 0 Å². The molecule has 0 bridgehead atoms. The number of carbonyl (C=O) groups is 1. The second-order valence-electron chi connectivity index (χ2n) is 3.56. The van der Waals surface area contributed by atoms with E-state index < -0.39 is 0 Å². The third kappa shape index (κ3) is 3.20. The molecule has 2 aromatic rings. The zero-order chi connectivity index (χ0) is 13.1. The molecule has 18 heavy (non-hydrogen) atoms. The van der Waals surface area contributed by atoms with Gasteiger partial charge in [0.15, 0.2) is 0 Å². The minimum atomic E-state index is -0.236. The lowest BCUT2D eigenvalue weighted by atomic mass is 10.2. The van der Waals surface area contributed by atoms with E-state index in [1.54, 1.807) is 30.5 Å². The first-order valence-electron chi connectivity index (χ1n) is 5.04. The Labute approximate surface area is 126 Å². The molecule has 2 rings (SSSR count). The largest absolute Gasteiger partial charge is 0.399 e. The molecular weight excluding hydrogens is 409 g/mol. The number of hydrogen-bond donors (Lipinski definition) is 2. The van der Waals surface area contributed by atoms with Gasteiger partial charge in [0, 0.05) is 21.0 Å². The fourth-order valence-electron chi connectivity index (χ4n) is 1.40. The lowest BCUT2D eigenvalue weighted by molar-refractivity contribution is 0.102. The molecule has 6 heteroatoms. The first-order chi connectivity index (χ1) is 8.56. The second kappa shape index (κ2) is 5.66. The summed E-state index contributed by atoms with van der Waals surface area (Å²) in [6.07, 6.45) is 1.61. The Balaban J connectivity index is 2.25. The summed E-state index contributed by atoms with van der Waals surface area (Å²) in [6, 6.07) is 8.79. The van der Waals surface area contributed by atoms with Crippen molar-refractivity contribution in [3.63, 3.8) is 0 Å². The molecule has 0 aliphatic carbocycles. The standard InChI is InChI=1S/C12H9BrIN3O/c13-10-2-1-3-16-11(10)17-12(18)7-4-8(14)6-9(15)5-7/h1-6H,15H2,(H,16,17,18). The fourth-order valence-corrected chi connectivity index (χ4v) is 2.45. The number of anilines is 2. The lowest BCUT2D eigenvalue weighted by Gasteiger charge is -2.07. The third-order valence-corrected chi connectivity index (χ3v) is 3.44. The number of nitrogen functional groups attached to an aromatic ring is 1. The van der Waals surface area contributed by atoms with Crippen molar-refractivity contribution in [2.75, 3.05) is 11.1 Å². The molecule has 0 unspecified atom stereocenters. The van der Waals surface area contributed by atoms with Crippen LogP contribution in [0.1, 0.15) is 10.4 Å². The molecule has 0 atom stereocenters. The zero-order valence-corrected chi connectivity index (χ0v) is 12.9. The summed E-state index contributed by atoms with van der Waals surface area (Å²) in [6.45, 7) is 0. The highest BCUT2D eigenvalue weighted by molar-refractivity contribution is 14.1. The van der Waals surface area contributed by atoms with E-state index in [0.29, 0.717) is 17.1 Å². The molecule has 0 aliphatic heterocycles. The van der Waals surface area contributed by atoms with Gasteiger partial charge >= 0.3 is 0 Å². The van der Waals surface area contributed by atoms with Gasteiger partial charge in [0.05, 0.1) is 4.47 Å². The van der Waals surface area contributed by atoms with E-state index in [1.165, 1.54) is 0 Å². The predicted molar refractivity (Wildman–Crippen MR) is 83.5 cm³/mol. The van der Waals surface area contributed by atoms with Crippen LogP contribution in [-0.2, 0) is 0 Å². The smallest absolute Gasteiger partial charge is 0.256 e. The summed E-state index contributed by atoms with van der Waals surface area (Å²) in [7, 11) is 0. The molecule has 0 fully saturated rings.